The lowest BCUT2D eigenvalue weighted by molar-refractivity contribution is -0.122. The zero-order valence-corrected chi connectivity index (χ0v) is 16.0. The molecule has 2 atom stereocenters. The van der Waals surface area contributed by atoms with Gasteiger partial charge in [0.05, 0.1) is 5.92 Å². The van der Waals surface area contributed by atoms with Crippen molar-refractivity contribution in [3.63, 3.8) is 0 Å². The van der Waals surface area contributed by atoms with Gasteiger partial charge in [0.2, 0.25) is 5.91 Å². The molecule has 28 heavy (non-hydrogen) atoms. The highest BCUT2D eigenvalue weighted by Crippen LogP contribution is 2.48. The van der Waals surface area contributed by atoms with E-state index in [2.05, 4.69) is 28.5 Å². The number of allylic oxidation sites excluding steroid dienone is 1. The van der Waals surface area contributed by atoms with Crippen molar-refractivity contribution in [2.75, 3.05) is 0 Å². The standard InChI is InChI=1S/C24H19ClN2O/c25-18-8-5-16(6-9-18)22-21(17-11-13-26-14-12-17)20-10-7-15-3-1-2-4-19(15)23(20)27-24(22)28/h1-6,8-9,11-14,21-22H,7,10H2,(H,27,28). The van der Waals surface area contributed by atoms with Crippen molar-refractivity contribution in [1.29, 1.82) is 0 Å². The highest BCUT2D eigenvalue weighted by molar-refractivity contribution is 6.30. The molecule has 0 saturated heterocycles. The highest BCUT2D eigenvalue weighted by atomic mass is 35.5. The summed E-state index contributed by atoms with van der Waals surface area (Å²) in [6, 6.07) is 20.0. The fourth-order valence-corrected chi connectivity index (χ4v) is 4.67. The first-order valence-electron chi connectivity index (χ1n) is 9.50. The van der Waals surface area contributed by atoms with Gasteiger partial charge in [-0.15, -0.1) is 0 Å². The van der Waals surface area contributed by atoms with E-state index in [0.717, 1.165) is 35.2 Å². The van der Waals surface area contributed by atoms with Crippen LogP contribution >= 0.6 is 11.6 Å². The summed E-state index contributed by atoms with van der Waals surface area (Å²) in [7, 11) is 0. The summed E-state index contributed by atoms with van der Waals surface area (Å²) < 4.78 is 0. The quantitative estimate of drug-likeness (QED) is 0.666. The number of benzene rings is 2. The Hall–Kier alpha value is -2.91. The summed E-state index contributed by atoms with van der Waals surface area (Å²) in [5, 5.41) is 3.90. The third kappa shape index (κ3) is 2.83. The Morgan fingerprint density at radius 3 is 2.36 bits per heavy atom. The van der Waals surface area contributed by atoms with Crippen LogP contribution < -0.4 is 5.32 Å². The molecule has 2 unspecified atom stereocenters. The largest absolute Gasteiger partial charge is 0.325 e. The number of aryl methyl sites for hydroxylation is 1. The summed E-state index contributed by atoms with van der Waals surface area (Å²) >= 11 is 6.09. The zero-order chi connectivity index (χ0) is 19.1. The number of carbonyl (C=O) groups excluding carboxylic acids is 1. The van der Waals surface area contributed by atoms with Crippen molar-refractivity contribution in [2.24, 2.45) is 0 Å². The van der Waals surface area contributed by atoms with Crippen molar-refractivity contribution < 1.29 is 4.79 Å². The van der Waals surface area contributed by atoms with Crippen LogP contribution in [-0.2, 0) is 11.2 Å². The molecule has 2 aliphatic rings. The van der Waals surface area contributed by atoms with Crippen LogP contribution in [0.1, 0.15) is 40.5 Å². The highest BCUT2D eigenvalue weighted by Gasteiger charge is 2.41. The smallest absolute Gasteiger partial charge is 0.232 e. The van der Waals surface area contributed by atoms with Gasteiger partial charge < -0.3 is 5.32 Å². The Labute approximate surface area is 169 Å². The van der Waals surface area contributed by atoms with E-state index in [-0.39, 0.29) is 17.7 Å². The number of carbonyl (C=O) groups is 1. The zero-order valence-electron chi connectivity index (χ0n) is 15.2. The van der Waals surface area contributed by atoms with Crippen molar-refractivity contribution in [3.05, 3.63) is 106 Å². The van der Waals surface area contributed by atoms with Gasteiger partial charge in [-0.3, -0.25) is 9.78 Å². The molecule has 0 bridgehead atoms. The van der Waals surface area contributed by atoms with Crippen molar-refractivity contribution in [1.82, 2.24) is 10.3 Å². The summed E-state index contributed by atoms with van der Waals surface area (Å²) in [4.78, 5) is 17.5. The van der Waals surface area contributed by atoms with E-state index in [0.29, 0.717) is 5.02 Å². The number of rotatable bonds is 2. The molecule has 2 heterocycles. The number of hydrogen-bond acceptors (Lipinski definition) is 2. The number of halogens is 1. The number of amides is 1. The molecule has 0 radical (unpaired) electrons. The van der Waals surface area contributed by atoms with Crippen LogP contribution in [0, 0.1) is 0 Å². The fourth-order valence-electron chi connectivity index (χ4n) is 4.54. The molecule has 1 N–H and O–H groups in total. The van der Waals surface area contributed by atoms with Crippen molar-refractivity contribution in [2.45, 2.75) is 24.7 Å². The minimum atomic E-state index is -0.288. The fraction of sp³-hybridized carbons (Fsp3) is 0.167. The second-order valence-corrected chi connectivity index (χ2v) is 7.77. The molecule has 138 valence electrons. The van der Waals surface area contributed by atoms with E-state index >= 15 is 0 Å². The predicted molar refractivity (Wildman–Crippen MR) is 111 cm³/mol. The summed E-state index contributed by atoms with van der Waals surface area (Å²) in [6.07, 6.45) is 5.53. The molecule has 1 aliphatic carbocycles. The molecule has 5 rings (SSSR count). The van der Waals surface area contributed by atoms with Gasteiger partial charge >= 0.3 is 0 Å². The van der Waals surface area contributed by atoms with Crippen LogP contribution in [0.15, 0.2) is 78.6 Å². The predicted octanol–water partition coefficient (Wildman–Crippen LogP) is 5.09. The number of nitrogens with zero attached hydrogens (tertiary/aromatic N) is 1. The van der Waals surface area contributed by atoms with Gasteiger partial charge in [0, 0.05) is 34.6 Å². The molecule has 0 spiro atoms. The van der Waals surface area contributed by atoms with Gasteiger partial charge in [0.25, 0.3) is 0 Å². The molecule has 0 fully saturated rings. The number of pyridine rings is 1. The second-order valence-electron chi connectivity index (χ2n) is 7.33. The molecule has 3 aromatic rings. The lowest BCUT2D eigenvalue weighted by atomic mass is 9.70. The van der Waals surface area contributed by atoms with E-state index in [1.54, 1.807) is 12.4 Å². The molecule has 3 nitrogen and oxygen atoms in total. The van der Waals surface area contributed by atoms with E-state index in [1.165, 1.54) is 11.1 Å². The average Bonchev–Trinajstić information content (AvgIpc) is 2.74. The van der Waals surface area contributed by atoms with E-state index in [1.807, 2.05) is 42.5 Å². The second kappa shape index (κ2) is 6.92. The summed E-state index contributed by atoms with van der Waals surface area (Å²) in [6.45, 7) is 0. The van der Waals surface area contributed by atoms with E-state index < -0.39 is 0 Å². The maximum atomic E-state index is 13.3. The minimum Gasteiger partial charge on any atom is -0.325 e. The van der Waals surface area contributed by atoms with E-state index in [4.69, 9.17) is 11.6 Å². The van der Waals surface area contributed by atoms with Crippen LogP contribution in [0.5, 0.6) is 0 Å². The van der Waals surface area contributed by atoms with Crippen LogP contribution in [0.25, 0.3) is 5.70 Å². The van der Waals surface area contributed by atoms with Crippen LogP contribution in [0.2, 0.25) is 5.02 Å². The minimum absolute atomic E-state index is 0.0127. The molecular formula is C24H19ClN2O. The first-order chi connectivity index (χ1) is 13.7. The SMILES string of the molecule is O=C1NC2=C(CCc3ccccc32)C(c2ccncc2)C1c1ccc(Cl)cc1. The molecule has 1 aromatic heterocycles. The maximum absolute atomic E-state index is 13.3. The first kappa shape index (κ1) is 17.2. The Balaban J connectivity index is 1.71. The molecule has 1 amide bonds. The Bertz CT molecular complexity index is 1070. The third-order valence-electron chi connectivity index (χ3n) is 5.81. The van der Waals surface area contributed by atoms with Gasteiger partial charge in [-0.05, 0) is 59.4 Å². The van der Waals surface area contributed by atoms with Crippen LogP contribution in [0.4, 0.5) is 0 Å². The van der Waals surface area contributed by atoms with Crippen molar-refractivity contribution >= 4 is 23.2 Å². The van der Waals surface area contributed by atoms with Gasteiger partial charge in [-0.25, -0.2) is 0 Å². The normalized spacial score (nSPS) is 21.0. The molecule has 4 heteroatoms. The van der Waals surface area contributed by atoms with Crippen molar-refractivity contribution in [3.8, 4) is 0 Å². The van der Waals surface area contributed by atoms with Crippen LogP contribution in [-0.4, -0.2) is 10.9 Å². The number of fused-ring (bicyclic) bond motifs is 2. The van der Waals surface area contributed by atoms with Gasteiger partial charge in [-0.1, -0.05) is 48.0 Å². The third-order valence-corrected chi connectivity index (χ3v) is 6.06. The lowest BCUT2D eigenvalue weighted by Crippen LogP contribution is -2.39. The number of hydrogen-bond donors (Lipinski definition) is 1. The maximum Gasteiger partial charge on any atom is 0.232 e. The lowest BCUT2D eigenvalue weighted by Gasteiger charge is -2.38. The monoisotopic (exact) mass is 386 g/mol. The Morgan fingerprint density at radius 1 is 0.857 bits per heavy atom. The molecule has 2 aromatic carbocycles. The van der Waals surface area contributed by atoms with Gasteiger partial charge in [0.15, 0.2) is 0 Å². The van der Waals surface area contributed by atoms with Gasteiger partial charge in [0.1, 0.15) is 0 Å². The molecule has 0 saturated carbocycles. The average molecular weight is 387 g/mol. The number of aromatic nitrogens is 1. The van der Waals surface area contributed by atoms with Gasteiger partial charge in [-0.2, -0.15) is 0 Å². The molecular weight excluding hydrogens is 368 g/mol. The van der Waals surface area contributed by atoms with Crippen LogP contribution in [0.3, 0.4) is 0 Å². The Kier molecular flexibility index (Phi) is 4.25. The molecule has 1 aliphatic heterocycles. The Morgan fingerprint density at radius 2 is 1.57 bits per heavy atom. The number of nitrogens with one attached hydrogen (secondary N) is 1. The van der Waals surface area contributed by atoms with E-state index in [9.17, 15) is 4.79 Å². The summed E-state index contributed by atoms with van der Waals surface area (Å²) in [5.41, 5.74) is 6.82. The first-order valence-corrected chi connectivity index (χ1v) is 9.88. The topological polar surface area (TPSA) is 42.0 Å². The summed E-state index contributed by atoms with van der Waals surface area (Å²) in [5.74, 6) is -0.274.